The summed E-state index contributed by atoms with van der Waals surface area (Å²) in [6.07, 6.45) is 0. The van der Waals surface area contributed by atoms with Crippen molar-refractivity contribution in [2.45, 2.75) is 6.92 Å². The summed E-state index contributed by atoms with van der Waals surface area (Å²) in [6.45, 7) is 1.71. The standard InChI is InChI=1S/C14H9IN2O3/c1-7-2-11(12(6-16)13(18)17-7)8-3-9(14(19)20)5-10(15)4-8/h2-5H,1H3,(H,17,18)(H,19,20). The molecule has 0 amide bonds. The van der Waals surface area contributed by atoms with Gasteiger partial charge in [0.1, 0.15) is 11.6 Å². The molecule has 0 aliphatic heterocycles. The second-order valence-corrected chi connectivity index (χ2v) is 5.46. The highest BCUT2D eigenvalue weighted by Crippen LogP contribution is 2.25. The number of hydrogen-bond donors (Lipinski definition) is 2. The van der Waals surface area contributed by atoms with Crippen LogP contribution >= 0.6 is 22.6 Å². The fourth-order valence-corrected chi connectivity index (χ4v) is 2.57. The van der Waals surface area contributed by atoms with Crippen LogP contribution in [0.5, 0.6) is 0 Å². The molecule has 2 aromatic rings. The first-order chi connectivity index (χ1) is 9.42. The number of pyridine rings is 1. The van der Waals surface area contributed by atoms with Crippen molar-refractivity contribution in [2.24, 2.45) is 0 Å². The molecule has 0 atom stereocenters. The van der Waals surface area contributed by atoms with E-state index < -0.39 is 11.5 Å². The van der Waals surface area contributed by atoms with Gasteiger partial charge in [-0.05, 0) is 59.3 Å². The highest BCUT2D eigenvalue weighted by Gasteiger charge is 2.13. The van der Waals surface area contributed by atoms with Crippen molar-refractivity contribution < 1.29 is 9.90 Å². The molecule has 2 N–H and O–H groups in total. The Morgan fingerprint density at radius 2 is 2.05 bits per heavy atom. The van der Waals surface area contributed by atoms with E-state index in [1.54, 1.807) is 19.1 Å². The number of carbonyl (C=O) groups is 1. The maximum Gasteiger partial charge on any atom is 0.335 e. The molecule has 0 radical (unpaired) electrons. The third kappa shape index (κ3) is 2.72. The molecule has 0 aliphatic rings. The fraction of sp³-hybridized carbons (Fsp3) is 0.0714. The molecule has 1 aromatic carbocycles. The van der Waals surface area contributed by atoms with Crippen molar-refractivity contribution in [1.29, 1.82) is 5.26 Å². The summed E-state index contributed by atoms with van der Waals surface area (Å²) in [5.41, 5.74) is 1.22. The van der Waals surface area contributed by atoms with Gasteiger partial charge in [0, 0.05) is 14.8 Å². The molecule has 100 valence electrons. The molecule has 1 heterocycles. The molecule has 0 aliphatic carbocycles. The molecular formula is C14H9IN2O3. The molecule has 0 bridgehead atoms. The Balaban J connectivity index is 2.78. The molecule has 0 saturated carbocycles. The molecule has 6 heteroatoms. The Hall–Kier alpha value is -2.14. The molecular weight excluding hydrogens is 371 g/mol. The molecule has 2 rings (SSSR count). The van der Waals surface area contributed by atoms with Crippen LogP contribution < -0.4 is 5.56 Å². The summed E-state index contributed by atoms with van der Waals surface area (Å²) in [5, 5.41) is 18.2. The Labute approximate surface area is 128 Å². The quantitative estimate of drug-likeness (QED) is 0.783. The lowest BCUT2D eigenvalue weighted by Crippen LogP contribution is -2.13. The third-order valence-electron chi connectivity index (χ3n) is 2.74. The van der Waals surface area contributed by atoms with Gasteiger partial charge in [0.15, 0.2) is 0 Å². The van der Waals surface area contributed by atoms with E-state index >= 15 is 0 Å². The minimum Gasteiger partial charge on any atom is -0.478 e. The Bertz CT molecular complexity index is 803. The normalized spacial score (nSPS) is 10.1. The zero-order chi connectivity index (χ0) is 14.9. The summed E-state index contributed by atoms with van der Waals surface area (Å²) in [5.74, 6) is -1.05. The van der Waals surface area contributed by atoms with Gasteiger partial charge in [0.2, 0.25) is 0 Å². The minimum absolute atomic E-state index is 0.0195. The van der Waals surface area contributed by atoms with Gasteiger partial charge < -0.3 is 10.1 Å². The average molecular weight is 380 g/mol. The molecule has 0 unspecified atom stereocenters. The number of nitrogens with zero attached hydrogens (tertiary/aromatic N) is 1. The number of nitrogens with one attached hydrogen (secondary N) is 1. The number of H-pyrrole nitrogens is 1. The van der Waals surface area contributed by atoms with Crippen LogP contribution in [0, 0.1) is 21.8 Å². The van der Waals surface area contributed by atoms with Crippen molar-refractivity contribution in [3.05, 3.63) is 55.0 Å². The van der Waals surface area contributed by atoms with Crippen molar-refractivity contribution in [3.8, 4) is 17.2 Å². The Morgan fingerprint density at radius 1 is 1.35 bits per heavy atom. The smallest absolute Gasteiger partial charge is 0.335 e. The van der Waals surface area contributed by atoms with E-state index in [-0.39, 0.29) is 11.1 Å². The fourth-order valence-electron chi connectivity index (χ4n) is 1.90. The largest absolute Gasteiger partial charge is 0.478 e. The van der Waals surface area contributed by atoms with Gasteiger partial charge >= 0.3 is 5.97 Å². The van der Waals surface area contributed by atoms with E-state index in [1.165, 1.54) is 12.1 Å². The first-order valence-electron chi connectivity index (χ1n) is 5.60. The van der Waals surface area contributed by atoms with E-state index in [0.717, 1.165) is 3.57 Å². The van der Waals surface area contributed by atoms with Crippen molar-refractivity contribution >= 4 is 28.6 Å². The van der Waals surface area contributed by atoms with Crippen LogP contribution in [0.15, 0.2) is 29.1 Å². The maximum absolute atomic E-state index is 11.8. The van der Waals surface area contributed by atoms with E-state index in [2.05, 4.69) is 4.98 Å². The highest BCUT2D eigenvalue weighted by atomic mass is 127. The van der Waals surface area contributed by atoms with Crippen LogP contribution in [0.3, 0.4) is 0 Å². The average Bonchev–Trinajstić information content (AvgIpc) is 2.37. The number of carboxylic acid groups (broad SMARTS) is 1. The lowest BCUT2D eigenvalue weighted by molar-refractivity contribution is 0.0697. The van der Waals surface area contributed by atoms with Gasteiger partial charge in [-0.2, -0.15) is 5.26 Å². The van der Waals surface area contributed by atoms with Crippen LogP contribution in [-0.2, 0) is 0 Å². The lowest BCUT2D eigenvalue weighted by atomic mass is 9.99. The minimum atomic E-state index is -1.05. The summed E-state index contributed by atoms with van der Waals surface area (Å²) in [6, 6.07) is 8.25. The summed E-state index contributed by atoms with van der Waals surface area (Å²) in [7, 11) is 0. The number of halogens is 1. The topological polar surface area (TPSA) is 93.9 Å². The number of nitriles is 1. The van der Waals surface area contributed by atoms with Gasteiger partial charge in [-0.1, -0.05) is 0 Å². The van der Waals surface area contributed by atoms with Gasteiger partial charge in [0.25, 0.3) is 5.56 Å². The van der Waals surface area contributed by atoms with E-state index in [9.17, 15) is 9.59 Å². The predicted molar refractivity (Wildman–Crippen MR) is 81.6 cm³/mol. The molecule has 0 spiro atoms. The van der Waals surface area contributed by atoms with Crippen LogP contribution in [0.4, 0.5) is 0 Å². The highest BCUT2D eigenvalue weighted by molar-refractivity contribution is 14.1. The van der Waals surface area contributed by atoms with E-state index in [1.807, 2.05) is 28.7 Å². The van der Waals surface area contributed by atoms with Crippen LogP contribution in [0.2, 0.25) is 0 Å². The maximum atomic E-state index is 11.8. The molecule has 0 saturated heterocycles. The van der Waals surface area contributed by atoms with E-state index in [0.29, 0.717) is 16.8 Å². The number of carboxylic acids is 1. The summed E-state index contributed by atoms with van der Waals surface area (Å²) >= 11 is 2.00. The molecule has 1 aromatic heterocycles. The second-order valence-electron chi connectivity index (χ2n) is 4.22. The van der Waals surface area contributed by atoms with Gasteiger partial charge in [-0.3, -0.25) is 4.79 Å². The molecule has 0 fully saturated rings. The number of aromatic carboxylic acids is 1. The van der Waals surface area contributed by atoms with Gasteiger partial charge in [-0.15, -0.1) is 0 Å². The number of rotatable bonds is 2. The Morgan fingerprint density at radius 3 is 2.65 bits per heavy atom. The monoisotopic (exact) mass is 380 g/mol. The number of hydrogen-bond acceptors (Lipinski definition) is 3. The van der Waals surface area contributed by atoms with Gasteiger partial charge in [0.05, 0.1) is 5.56 Å². The zero-order valence-corrected chi connectivity index (χ0v) is 12.6. The SMILES string of the molecule is Cc1cc(-c2cc(I)cc(C(=O)O)c2)c(C#N)c(=O)[nH]1. The molecule has 20 heavy (non-hydrogen) atoms. The lowest BCUT2D eigenvalue weighted by Gasteiger charge is -2.07. The van der Waals surface area contributed by atoms with Crippen LogP contribution in [-0.4, -0.2) is 16.1 Å². The van der Waals surface area contributed by atoms with Crippen LogP contribution in [0.1, 0.15) is 21.6 Å². The summed E-state index contributed by atoms with van der Waals surface area (Å²) < 4.78 is 0.722. The second kappa shape index (κ2) is 5.46. The number of benzene rings is 1. The number of aromatic nitrogens is 1. The molecule has 5 nitrogen and oxygen atoms in total. The van der Waals surface area contributed by atoms with E-state index in [4.69, 9.17) is 10.4 Å². The first-order valence-corrected chi connectivity index (χ1v) is 6.68. The number of aromatic amines is 1. The van der Waals surface area contributed by atoms with Crippen molar-refractivity contribution in [1.82, 2.24) is 4.98 Å². The van der Waals surface area contributed by atoms with Crippen molar-refractivity contribution in [3.63, 3.8) is 0 Å². The number of aryl methyl sites for hydroxylation is 1. The third-order valence-corrected chi connectivity index (χ3v) is 3.36. The Kier molecular flexibility index (Phi) is 3.90. The van der Waals surface area contributed by atoms with Gasteiger partial charge in [-0.25, -0.2) is 4.79 Å². The van der Waals surface area contributed by atoms with Crippen LogP contribution in [0.25, 0.3) is 11.1 Å². The predicted octanol–water partition coefficient (Wildman–Crippen LogP) is 2.52. The van der Waals surface area contributed by atoms with Crippen molar-refractivity contribution in [2.75, 3.05) is 0 Å². The zero-order valence-electron chi connectivity index (χ0n) is 10.4. The summed E-state index contributed by atoms with van der Waals surface area (Å²) in [4.78, 5) is 25.4. The first kappa shape index (κ1) is 14.3.